The highest BCUT2D eigenvalue weighted by Crippen LogP contribution is 2.28. The van der Waals surface area contributed by atoms with Crippen molar-refractivity contribution in [3.05, 3.63) is 36.9 Å². The van der Waals surface area contributed by atoms with Crippen molar-refractivity contribution >= 4 is 34.3 Å². The lowest BCUT2D eigenvalue weighted by Crippen LogP contribution is -2.35. The number of rotatable bonds is 6. The van der Waals surface area contributed by atoms with E-state index < -0.39 is 0 Å². The van der Waals surface area contributed by atoms with Crippen LogP contribution in [0.25, 0.3) is 11.0 Å². The van der Waals surface area contributed by atoms with Crippen LogP contribution in [0.1, 0.15) is 6.42 Å². The van der Waals surface area contributed by atoms with E-state index in [-0.39, 0.29) is 12.5 Å². The molecule has 28 heavy (non-hydrogen) atoms. The van der Waals surface area contributed by atoms with E-state index >= 15 is 0 Å². The molecule has 9 heteroatoms. The number of carbonyl (C=O) groups is 1. The van der Waals surface area contributed by atoms with E-state index in [1.54, 1.807) is 12.5 Å². The topological polar surface area (TPSA) is 99.3 Å². The van der Waals surface area contributed by atoms with Gasteiger partial charge in [0.25, 0.3) is 0 Å². The van der Waals surface area contributed by atoms with Gasteiger partial charge in [0.15, 0.2) is 0 Å². The number of methoxy groups -OCH3 is 1. The largest absolute Gasteiger partial charge is 0.375 e. The number of nitrogens with zero attached hydrogens (tertiary/aromatic N) is 5. The lowest BCUT2D eigenvalue weighted by Gasteiger charge is -2.26. The van der Waals surface area contributed by atoms with Crippen LogP contribution in [0.2, 0.25) is 0 Å². The maximum absolute atomic E-state index is 11.6. The molecule has 9 nitrogen and oxygen atoms in total. The monoisotopic (exact) mass is 381 g/mol. The second-order valence-electron chi connectivity index (χ2n) is 6.82. The smallest absolute Gasteiger partial charge is 0.250 e. The van der Waals surface area contributed by atoms with E-state index in [0.29, 0.717) is 11.7 Å². The number of nitrogens with one attached hydrogen (secondary N) is 2. The summed E-state index contributed by atoms with van der Waals surface area (Å²) in [7, 11) is 3.54. The fraction of sp³-hybridized carbons (Fsp3) is 0.368. The summed E-state index contributed by atoms with van der Waals surface area (Å²) in [5.74, 6) is 1.63. The molecular formula is C19H23N7O2. The zero-order valence-electron chi connectivity index (χ0n) is 15.9. The van der Waals surface area contributed by atoms with Crippen LogP contribution in [0.4, 0.5) is 17.3 Å². The van der Waals surface area contributed by atoms with Crippen LogP contribution in [-0.4, -0.2) is 65.7 Å². The van der Waals surface area contributed by atoms with E-state index in [2.05, 4.69) is 35.1 Å². The van der Waals surface area contributed by atoms with Gasteiger partial charge in [0.2, 0.25) is 5.91 Å². The van der Waals surface area contributed by atoms with Crippen LogP contribution in [0.3, 0.4) is 0 Å². The minimum Gasteiger partial charge on any atom is -0.375 e. The minimum absolute atomic E-state index is 0.0248. The number of hydrogen-bond acceptors (Lipinski definition) is 7. The number of carbonyl (C=O) groups excluding carboxylic acids is 1. The van der Waals surface area contributed by atoms with Gasteiger partial charge in [-0.3, -0.25) is 4.79 Å². The molecule has 1 fully saturated rings. The van der Waals surface area contributed by atoms with Gasteiger partial charge < -0.3 is 24.8 Å². The maximum atomic E-state index is 11.6. The first-order valence-electron chi connectivity index (χ1n) is 9.16. The number of amides is 1. The Morgan fingerprint density at radius 1 is 1.36 bits per heavy atom. The quantitative estimate of drug-likeness (QED) is 0.670. The van der Waals surface area contributed by atoms with Gasteiger partial charge >= 0.3 is 0 Å². The predicted octanol–water partition coefficient (Wildman–Crippen LogP) is 1.65. The molecule has 3 aromatic rings. The van der Waals surface area contributed by atoms with Gasteiger partial charge in [-0.25, -0.2) is 15.0 Å². The molecule has 0 spiro atoms. The summed E-state index contributed by atoms with van der Waals surface area (Å²) in [5.41, 5.74) is 1.51. The fourth-order valence-corrected chi connectivity index (χ4v) is 3.54. The molecule has 1 aliphatic heterocycles. The Morgan fingerprint density at radius 3 is 3.04 bits per heavy atom. The summed E-state index contributed by atoms with van der Waals surface area (Å²) in [5, 5.41) is 3.79. The number of aromatic amines is 1. The number of anilines is 3. The molecule has 0 aromatic carbocycles. The molecule has 4 heterocycles. The number of H-pyrrole nitrogens is 1. The Balaban J connectivity index is 1.42. The Kier molecular flexibility index (Phi) is 5.07. The SMILES string of the molecule is COCC(=O)Nc1ccc(N(C)[C@@H]2CCN(c3ncnc4[nH]ccc34)C2)nc1. The van der Waals surface area contributed by atoms with E-state index in [0.717, 1.165) is 42.2 Å². The van der Waals surface area contributed by atoms with Crippen molar-refractivity contribution in [3.63, 3.8) is 0 Å². The van der Waals surface area contributed by atoms with Crippen LogP contribution >= 0.6 is 0 Å². The van der Waals surface area contributed by atoms with E-state index in [9.17, 15) is 4.79 Å². The maximum Gasteiger partial charge on any atom is 0.250 e. The van der Waals surface area contributed by atoms with Crippen LogP contribution in [0, 0.1) is 0 Å². The third-order valence-corrected chi connectivity index (χ3v) is 5.01. The van der Waals surface area contributed by atoms with Gasteiger partial charge in [-0.1, -0.05) is 0 Å². The van der Waals surface area contributed by atoms with Crippen molar-refractivity contribution in [2.45, 2.75) is 12.5 Å². The highest BCUT2D eigenvalue weighted by atomic mass is 16.5. The summed E-state index contributed by atoms with van der Waals surface area (Å²) in [4.78, 5) is 32.4. The molecule has 0 radical (unpaired) electrons. The van der Waals surface area contributed by atoms with E-state index in [1.807, 2.05) is 31.4 Å². The van der Waals surface area contributed by atoms with Crippen LogP contribution in [-0.2, 0) is 9.53 Å². The highest BCUT2D eigenvalue weighted by Gasteiger charge is 2.28. The average Bonchev–Trinajstić information content (AvgIpc) is 3.37. The number of pyridine rings is 1. The van der Waals surface area contributed by atoms with Gasteiger partial charge in [-0.05, 0) is 24.6 Å². The molecule has 2 N–H and O–H groups in total. The van der Waals surface area contributed by atoms with Crippen molar-refractivity contribution in [1.82, 2.24) is 19.9 Å². The summed E-state index contributed by atoms with van der Waals surface area (Å²) in [6.45, 7) is 1.82. The molecule has 1 aliphatic rings. The fourth-order valence-electron chi connectivity index (χ4n) is 3.54. The van der Waals surface area contributed by atoms with Crippen molar-refractivity contribution in [1.29, 1.82) is 0 Å². The lowest BCUT2D eigenvalue weighted by atomic mass is 10.2. The predicted molar refractivity (Wildman–Crippen MR) is 108 cm³/mol. The number of aromatic nitrogens is 4. The molecule has 4 rings (SSSR count). The van der Waals surface area contributed by atoms with E-state index in [1.165, 1.54) is 7.11 Å². The van der Waals surface area contributed by atoms with Crippen molar-refractivity contribution < 1.29 is 9.53 Å². The normalized spacial score (nSPS) is 16.5. The van der Waals surface area contributed by atoms with E-state index in [4.69, 9.17) is 4.74 Å². The Bertz CT molecular complexity index is 956. The van der Waals surface area contributed by atoms with Crippen LogP contribution in [0.15, 0.2) is 36.9 Å². The zero-order chi connectivity index (χ0) is 19.5. The third-order valence-electron chi connectivity index (χ3n) is 5.01. The number of hydrogen-bond donors (Lipinski definition) is 2. The number of likely N-dealkylation sites (N-methyl/N-ethyl adjacent to an activating group) is 1. The summed E-state index contributed by atoms with van der Waals surface area (Å²) in [6, 6.07) is 6.11. The van der Waals surface area contributed by atoms with Gasteiger partial charge in [-0.15, -0.1) is 0 Å². The minimum atomic E-state index is -0.197. The number of fused-ring (bicyclic) bond motifs is 1. The molecule has 1 saturated heterocycles. The van der Waals surface area contributed by atoms with Crippen molar-refractivity contribution in [3.8, 4) is 0 Å². The number of ether oxygens (including phenoxy) is 1. The molecule has 3 aromatic heterocycles. The Morgan fingerprint density at radius 2 is 2.25 bits per heavy atom. The van der Waals surface area contributed by atoms with Gasteiger partial charge in [-0.2, -0.15) is 0 Å². The second-order valence-corrected chi connectivity index (χ2v) is 6.82. The summed E-state index contributed by atoms with van der Waals surface area (Å²) < 4.78 is 4.82. The first kappa shape index (κ1) is 18.2. The molecule has 0 aliphatic carbocycles. The molecule has 0 saturated carbocycles. The van der Waals surface area contributed by atoms with Crippen LogP contribution in [0.5, 0.6) is 0 Å². The Hall–Kier alpha value is -3.20. The first-order chi connectivity index (χ1) is 13.7. The molecule has 0 bridgehead atoms. The zero-order valence-corrected chi connectivity index (χ0v) is 15.9. The van der Waals surface area contributed by atoms with Gasteiger partial charge in [0, 0.05) is 39.5 Å². The molecule has 1 atom stereocenters. The second kappa shape index (κ2) is 7.81. The highest BCUT2D eigenvalue weighted by molar-refractivity contribution is 5.91. The first-order valence-corrected chi connectivity index (χ1v) is 9.16. The van der Waals surface area contributed by atoms with Crippen molar-refractivity contribution in [2.75, 3.05) is 49.0 Å². The molecular weight excluding hydrogens is 358 g/mol. The van der Waals surface area contributed by atoms with Crippen molar-refractivity contribution in [2.24, 2.45) is 0 Å². The van der Waals surface area contributed by atoms with Crippen LogP contribution < -0.4 is 15.1 Å². The molecule has 0 unspecified atom stereocenters. The Labute approximate surface area is 162 Å². The van der Waals surface area contributed by atoms with Gasteiger partial charge in [0.1, 0.15) is 30.2 Å². The summed E-state index contributed by atoms with van der Waals surface area (Å²) in [6.07, 6.45) is 6.17. The summed E-state index contributed by atoms with van der Waals surface area (Å²) >= 11 is 0. The van der Waals surface area contributed by atoms with Gasteiger partial charge in [0.05, 0.1) is 17.3 Å². The standard InChI is InChI=1S/C19H23N7O2/c1-25(16-4-3-13(9-21-16)24-17(27)11-28-2)14-6-8-26(10-14)19-15-5-7-20-18(15)22-12-23-19/h3-5,7,9,12,14H,6,8,10-11H2,1-2H3,(H,24,27)(H,20,22,23)/t14-/m1/s1. The molecule has 1 amide bonds. The lowest BCUT2D eigenvalue weighted by molar-refractivity contribution is -0.119. The molecule has 146 valence electrons. The average molecular weight is 381 g/mol. The third kappa shape index (κ3) is 3.61.